The molecule has 0 saturated heterocycles. The number of amides is 1. The highest BCUT2D eigenvalue weighted by Crippen LogP contribution is 2.31. The fourth-order valence-electron chi connectivity index (χ4n) is 2.54. The number of fused-ring (bicyclic) bond motifs is 1. The van der Waals surface area contributed by atoms with Crippen LogP contribution in [0.15, 0.2) is 39.7 Å². The van der Waals surface area contributed by atoms with E-state index in [2.05, 4.69) is 10.3 Å². The Labute approximate surface area is 153 Å². The molecule has 2 aromatic heterocycles. The predicted octanol–water partition coefficient (Wildman–Crippen LogP) is 3.22. The molecule has 134 valence electrons. The third-order valence-electron chi connectivity index (χ3n) is 4.27. The highest BCUT2D eigenvalue weighted by atomic mass is 35.5. The van der Waals surface area contributed by atoms with Gasteiger partial charge in [-0.1, -0.05) is 11.6 Å². The van der Waals surface area contributed by atoms with Crippen LogP contribution in [0, 0.1) is 5.92 Å². The van der Waals surface area contributed by atoms with E-state index in [4.69, 9.17) is 20.8 Å². The Kier molecular flexibility index (Phi) is 4.16. The SMILES string of the molecule is Cn1c(=O)oc2ccc(NC(=O)c3cnc(OCC4CC4)c(Cl)c3)cc21. The van der Waals surface area contributed by atoms with Gasteiger partial charge in [-0.2, -0.15) is 0 Å². The fourth-order valence-corrected chi connectivity index (χ4v) is 2.77. The number of carbonyl (C=O) groups excluding carboxylic acids is 1. The third-order valence-corrected chi connectivity index (χ3v) is 4.54. The fraction of sp³-hybridized carbons (Fsp3) is 0.278. The van der Waals surface area contributed by atoms with Gasteiger partial charge < -0.3 is 14.5 Å². The minimum absolute atomic E-state index is 0.297. The van der Waals surface area contributed by atoms with E-state index in [1.807, 2.05) is 0 Å². The number of nitrogens with one attached hydrogen (secondary N) is 1. The Morgan fingerprint density at radius 3 is 2.96 bits per heavy atom. The highest BCUT2D eigenvalue weighted by molar-refractivity contribution is 6.32. The number of halogens is 1. The Morgan fingerprint density at radius 1 is 1.42 bits per heavy atom. The summed E-state index contributed by atoms with van der Waals surface area (Å²) >= 11 is 6.16. The van der Waals surface area contributed by atoms with Gasteiger partial charge in [0.15, 0.2) is 5.58 Å². The molecule has 1 aromatic carbocycles. The molecule has 1 aliphatic carbocycles. The highest BCUT2D eigenvalue weighted by Gasteiger charge is 2.23. The normalized spacial score (nSPS) is 13.8. The van der Waals surface area contributed by atoms with Crippen molar-refractivity contribution in [3.8, 4) is 5.88 Å². The van der Waals surface area contributed by atoms with Crippen molar-refractivity contribution >= 4 is 34.3 Å². The van der Waals surface area contributed by atoms with E-state index < -0.39 is 5.76 Å². The van der Waals surface area contributed by atoms with Gasteiger partial charge in [0, 0.05) is 18.9 Å². The number of hydrogen-bond acceptors (Lipinski definition) is 5. The first-order chi connectivity index (χ1) is 12.5. The van der Waals surface area contributed by atoms with Crippen molar-refractivity contribution in [1.82, 2.24) is 9.55 Å². The summed E-state index contributed by atoms with van der Waals surface area (Å²) in [4.78, 5) is 28.1. The molecular weight excluding hydrogens is 358 g/mol. The molecule has 2 heterocycles. The molecule has 7 nitrogen and oxygen atoms in total. The van der Waals surface area contributed by atoms with Crippen molar-refractivity contribution in [2.24, 2.45) is 13.0 Å². The molecule has 26 heavy (non-hydrogen) atoms. The van der Waals surface area contributed by atoms with Crippen molar-refractivity contribution < 1.29 is 13.9 Å². The summed E-state index contributed by atoms with van der Waals surface area (Å²) in [6.45, 7) is 0.599. The number of aryl methyl sites for hydroxylation is 1. The molecule has 4 rings (SSSR count). The molecule has 0 radical (unpaired) electrons. The summed E-state index contributed by atoms with van der Waals surface area (Å²) in [6.07, 6.45) is 3.77. The smallest absolute Gasteiger partial charge is 0.419 e. The molecule has 1 amide bonds. The predicted molar refractivity (Wildman–Crippen MR) is 96.9 cm³/mol. The number of aromatic nitrogens is 2. The lowest BCUT2D eigenvalue weighted by atomic mass is 10.2. The molecule has 1 saturated carbocycles. The number of oxazole rings is 1. The second-order valence-corrected chi connectivity index (χ2v) is 6.74. The van der Waals surface area contributed by atoms with E-state index >= 15 is 0 Å². The lowest BCUT2D eigenvalue weighted by Crippen LogP contribution is -2.13. The van der Waals surface area contributed by atoms with Gasteiger partial charge in [-0.15, -0.1) is 0 Å². The summed E-state index contributed by atoms with van der Waals surface area (Å²) in [5.74, 6) is 0.108. The molecule has 0 atom stereocenters. The lowest BCUT2D eigenvalue weighted by Gasteiger charge is -2.09. The summed E-state index contributed by atoms with van der Waals surface area (Å²) in [6, 6.07) is 6.48. The number of nitrogens with zero attached hydrogens (tertiary/aromatic N) is 2. The molecule has 0 aliphatic heterocycles. The molecule has 1 fully saturated rings. The zero-order valence-corrected chi connectivity index (χ0v) is 14.7. The van der Waals surface area contributed by atoms with Crippen molar-refractivity contribution in [3.05, 3.63) is 51.6 Å². The zero-order valence-electron chi connectivity index (χ0n) is 14.0. The summed E-state index contributed by atoms with van der Waals surface area (Å²) in [5, 5.41) is 3.06. The lowest BCUT2D eigenvalue weighted by molar-refractivity contribution is 0.102. The second-order valence-electron chi connectivity index (χ2n) is 6.33. The minimum Gasteiger partial charge on any atom is -0.476 e. The van der Waals surface area contributed by atoms with Gasteiger partial charge in [0.05, 0.1) is 17.7 Å². The van der Waals surface area contributed by atoms with Crippen LogP contribution < -0.4 is 15.8 Å². The van der Waals surface area contributed by atoms with Crippen molar-refractivity contribution in [3.63, 3.8) is 0 Å². The van der Waals surface area contributed by atoms with Crippen LogP contribution in [0.4, 0.5) is 5.69 Å². The molecule has 8 heteroatoms. The molecule has 0 unspecified atom stereocenters. The van der Waals surface area contributed by atoms with Crippen LogP contribution >= 0.6 is 11.6 Å². The van der Waals surface area contributed by atoms with Gasteiger partial charge in [0.25, 0.3) is 5.91 Å². The second kappa shape index (κ2) is 6.49. The van der Waals surface area contributed by atoms with Gasteiger partial charge >= 0.3 is 5.76 Å². The Balaban J connectivity index is 1.51. The number of benzene rings is 1. The maximum absolute atomic E-state index is 12.4. The summed E-state index contributed by atoms with van der Waals surface area (Å²) < 4.78 is 12.0. The topological polar surface area (TPSA) is 86.4 Å². The molecule has 1 aliphatic rings. The van der Waals surface area contributed by atoms with E-state index in [-0.39, 0.29) is 5.91 Å². The van der Waals surface area contributed by atoms with Crippen LogP contribution in [0.1, 0.15) is 23.2 Å². The third kappa shape index (κ3) is 3.30. The minimum atomic E-state index is -0.457. The van der Waals surface area contributed by atoms with Crippen LogP contribution in [0.5, 0.6) is 5.88 Å². The first kappa shape index (κ1) is 16.7. The average molecular weight is 374 g/mol. The van der Waals surface area contributed by atoms with Gasteiger partial charge in [-0.05, 0) is 43.0 Å². The van der Waals surface area contributed by atoms with Crippen molar-refractivity contribution in [1.29, 1.82) is 0 Å². The Hall–Kier alpha value is -2.80. The van der Waals surface area contributed by atoms with Gasteiger partial charge in [-0.3, -0.25) is 9.36 Å². The molecule has 1 N–H and O–H groups in total. The molecule has 0 spiro atoms. The maximum atomic E-state index is 12.4. The van der Waals surface area contributed by atoms with E-state index in [0.29, 0.717) is 45.8 Å². The van der Waals surface area contributed by atoms with E-state index in [9.17, 15) is 9.59 Å². The van der Waals surface area contributed by atoms with E-state index in [1.165, 1.54) is 29.7 Å². The average Bonchev–Trinajstić information content (AvgIpc) is 3.41. The van der Waals surface area contributed by atoms with Gasteiger partial charge in [-0.25, -0.2) is 9.78 Å². The van der Waals surface area contributed by atoms with Gasteiger partial charge in [0.1, 0.15) is 5.02 Å². The molecule has 3 aromatic rings. The summed E-state index contributed by atoms with van der Waals surface area (Å²) in [5.41, 5.74) is 1.89. The number of carbonyl (C=O) groups is 1. The first-order valence-electron chi connectivity index (χ1n) is 8.20. The van der Waals surface area contributed by atoms with Gasteiger partial charge in [0.2, 0.25) is 5.88 Å². The van der Waals surface area contributed by atoms with Crippen LogP contribution in [-0.2, 0) is 7.05 Å². The quantitative estimate of drug-likeness (QED) is 0.742. The zero-order chi connectivity index (χ0) is 18.3. The van der Waals surface area contributed by atoms with E-state index in [1.54, 1.807) is 25.2 Å². The number of hydrogen-bond donors (Lipinski definition) is 1. The van der Waals surface area contributed by atoms with E-state index in [0.717, 1.165) is 0 Å². The standard InChI is InChI=1S/C18H16ClN3O4/c1-22-14-7-12(4-5-15(14)26-18(22)24)21-16(23)11-6-13(19)17(20-8-11)25-9-10-2-3-10/h4-8,10H,2-3,9H2,1H3,(H,21,23). The Bertz CT molecular complexity index is 1050. The first-order valence-corrected chi connectivity index (χ1v) is 8.58. The van der Waals surface area contributed by atoms with Crippen LogP contribution in [0.25, 0.3) is 11.1 Å². The number of pyridine rings is 1. The van der Waals surface area contributed by atoms with Crippen LogP contribution in [0.2, 0.25) is 5.02 Å². The maximum Gasteiger partial charge on any atom is 0.419 e. The Morgan fingerprint density at radius 2 is 2.23 bits per heavy atom. The van der Waals surface area contributed by atoms with Crippen LogP contribution in [-0.4, -0.2) is 22.1 Å². The van der Waals surface area contributed by atoms with Crippen molar-refractivity contribution in [2.75, 3.05) is 11.9 Å². The van der Waals surface area contributed by atoms with Crippen LogP contribution in [0.3, 0.4) is 0 Å². The number of ether oxygens (including phenoxy) is 1. The summed E-state index contributed by atoms with van der Waals surface area (Å²) in [7, 11) is 1.60. The largest absolute Gasteiger partial charge is 0.476 e. The molecule has 0 bridgehead atoms. The molecular formula is C18H16ClN3O4. The monoisotopic (exact) mass is 373 g/mol. The number of rotatable bonds is 5. The number of anilines is 1. The van der Waals surface area contributed by atoms with Crippen molar-refractivity contribution in [2.45, 2.75) is 12.8 Å².